The normalized spacial score (nSPS) is 19.4. The fraction of sp³-hybridized carbons (Fsp3) is 0.480. The summed E-state index contributed by atoms with van der Waals surface area (Å²) in [5.74, 6) is -0.624. The maximum Gasteiger partial charge on any atom is 0.414 e. The monoisotopic (exact) mass is 481 g/mol. The first-order valence-corrected chi connectivity index (χ1v) is 12.1. The van der Waals surface area contributed by atoms with Gasteiger partial charge in [0.2, 0.25) is 17.8 Å². The summed E-state index contributed by atoms with van der Waals surface area (Å²) >= 11 is 0. The lowest BCUT2D eigenvalue weighted by atomic mass is 10.0. The number of nitrogens with one attached hydrogen (secondary N) is 1. The second-order valence-electron chi connectivity index (χ2n) is 8.65. The molecule has 35 heavy (non-hydrogen) atoms. The van der Waals surface area contributed by atoms with Crippen LogP contribution in [0.2, 0.25) is 0 Å². The Hall–Kier alpha value is -3.69. The van der Waals surface area contributed by atoms with Crippen molar-refractivity contribution in [2.75, 3.05) is 32.8 Å². The van der Waals surface area contributed by atoms with Crippen LogP contribution in [-0.2, 0) is 14.3 Å². The molecule has 1 atom stereocenters. The summed E-state index contributed by atoms with van der Waals surface area (Å²) < 4.78 is 10.3. The fourth-order valence-electron chi connectivity index (χ4n) is 4.31. The number of aliphatic imine (C=N–C) groups is 2. The van der Waals surface area contributed by atoms with E-state index >= 15 is 0 Å². The van der Waals surface area contributed by atoms with Crippen molar-refractivity contribution in [3.8, 4) is 0 Å². The Balaban J connectivity index is 1.51. The van der Waals surface area contributed by atoms with Crippen molar-refractivity contribution in [2.45, 2.75) is 39.0 Å². The van der Waals surface area contributed by atoms with Crippen molar-refractivity contribution in [1.82, 2.24) is 15.1 Å². The quantitative estimate of drug-likeness (QED) is 0.518. The lowest BCUT2D eigenvalue weighted by Crippen LogP contribution is -2.44. The lowest BCUT2D eigenvalue weighted by molar-refractivity contribution is -0.140. The van der Waals surface area contributed by atoms with Crippen LogP contribution >= 0.6 is 0 Å². The van der Waals surface area contributed by atoms with Gasteiger partial charge in [-0.05, 0) is 56.9 Å². The van der Waals surface area contributed by atoms with Gasteiger partial charge in [-0.3, -0.25) is 14.9 Å². The molecular weight excluding hydrogens is 450 g/mol. The van der Waals surface area contributed by atoms with Gasteiger partial charge in [-0.1, -0.05) is 6.42 Å². The third kappa shape index (κ3) is 6.46. The standard InChI is InChI=1S/C25H31N5O5/c1-2-34-25(33)28-24(27-20-8-9-21-18(15-20)10-14-35-21)26-16-19-7-3-4-13-30(23(19)32)17-22(31)29-11-5-6-12-29/h8-10,14-16,19H,2-7,11-13,17H2,1H3,(H,27,28,33)/b26-16-. The molecule has 4 rings (SSSR count). The Kier molecular flexibility index (Phi) is 8.12. The predicted octanol–water partition coefficient (Wildman–Crippen LogP) is 3.49. The van der Waals surface area contributed by atoms with Crippen LogP contribution in [0.25, 0.3) is 11.0 Å². The largest absolute Gasteiger partial charge is 0.464 e. The van der Waals surface area contributed by atoms with Gasteiger partial charge in [0.1, 0.15) is 5.58 Å². The van der Waals surface area contributed by atoms with Crippen molar-refractivity contribution in [3.63, 3.8) is 0 Å². The summed E-state index contributed by atoms with van der Waals surface area (Å²) in [6.45, 7) is 4.07. The van der Waals surface area contributed by atoms with Crippen LogP contribution in [0, 0.1) is 5.92 Å². The van der Waals surface area contributed by atoms with Crippen LogP contribution in [0.3, 0.4) is 0 Å². The number of carbonyl (C=O) groups excluding carboxylic acids is 3. The molecule has 1 unspecified atom stereocenters. The van der Waals surface area contributed by atoms with Crippen LogP contribution in [-0.4, -0.2) is 72.7 Å². The van der Waals surface area contributed by atoms with E-state index in [4.69, 9.17) is 9.15 Å². The van der Waals surface area contributed by atoms with Crippen LogP contribution in [0.1, 0.15) is 39.0 Å². The number of alkyl carbamates (subject to hydrolysis) is 1. The molecule has 0 radical (unpaired) electrons. The van der Waals surface area contributed by atoms with Crippen molar-refractivity contribution < 1.29 is 23.5 Å². The number of hydrogen-bond acceptors (Lipinski definition) is 6. The number of carbonyl (C=O) groups is 3. The first-order chi connectivity index (χ1) is 17.0. The summed E-state index contributed by atoms with van der Waals surface area (Å²) in [5.41, 5.74) is 1.29. The molecule has 2 aliphatic rings. The molecule has 3 heterocycles. The van der Waals surface area contributed by atoms with E-state index in [0.717, 1.165) is 49.7 Å². The number of guanidine groups is 1. The van der Waals surface area contributed by atoms with E-state index in [9.17, 15) is 14.4 Å². The van der Waals surface area contributed by atoms with Gasteiger partial charge >= 0.3 is 6.09 Å². The molecule has 10 heteroatoms. The van der Waals surface area contributed by atoms with Crippen molar-refractivity contribution in [2.24, 2.45) is 15.9 Å². The Morgan fingerprint density at radius 3 is 2.77 bits per heavy atom. The van der Waals surface area contributed by atoms with E-state index in [-0.39, 0.29) is 30.9 Å². The molecule has 2 saturated heterocycles. The molecule has 2 fully saturated rings. The maximum absolute atomic E-state index is 13.2. The lowest BCUT2D eigenvalue weighted by Gasteiger charge is -2.25. The van der Waals surface area contributed by atoms with E-state index in [1.54, 1.807) is 30.2 Å². The first kappa shape index (κ1) is 24.4. The van der Waals surface area contributed by atoms with Gasteiger partial charge in [0.05, 0.1) is 31.0 Å². The van der Waals surface area contributed by atoms with E-state index in [2.05, 4.69) is 15.3 Å². The molecule has 1 N–H and O–H groups in total. The summed E-state index contributed by atoms with van der Waals surface area (Å²) in [6.07, 6.45) is 6.73. The third-order valence-electron chi connectivity index (χ3n) is 6.14. The van der Waals surface area contributed by atoms with E-state index in [0.29, 0.717) is 18.7 Å². The zero-order valence-electron chi connectivity index (χ0n) is 19.9. The highest BCUT2D eigenvalue weighted by atomic mass is 16.5. The topological polar surface area (TPSA) is 117 Å². The molecule has 2 aliphatic heterocycles. The Morgan fingerprint density at radius 1 is 1.17 bits per heavy atom. The molecule has 2 aromatic rings. The maximum atomic E-state index is 13.2. The molecule has 3 amide bonds. The number of fused-ring (bicyclic) bond motifs is 1. The molecule has 0 aliphatic carbocycles. The SMILES string of the molecule is CCOC(=O)NC(=Nc1ccc2occc2c1)/N=C\C1CCCCN(CC(=O)N2CCCC2)C1=O. The van der Waals surface area contributed by atoms with Gasteiger partial charge in [0.25, 0.3) is 0 Å². The average molecular weight is 482 g/mol. The molecule has 1 aromatic carbocycles. The van der Waals surface area contributed by atoms with Crippen molar-refractivity contribution >= 4 is 46.7 Å². The Labute approximate surface area is 204 Å². The minimum absolute atomic E-state index is 0.00527. The summed E-state index contributed by atoms with van der Waals surface area (Å²) in [5, 5.41) is 3.40. The number of rotatable bonds is 5. The highest BCUT2D eigenvalue weighted by Crippen LogP contribution is 2.22. The highest BCUT2D eigenvalue weighted by molar-refractivity contribution is 6.03. The van der Waals surface area contributed by atoms with Gasteiger partial charge in [0, 0.05) is 31.2 Å². The molecule has 10 nitrogen and oxygen atoms in total. The predicted molar refractivity (Wildman–Crippen MR) is 132 cm³/mol. The number of benzene rings is 1. The average Bonchev–Trinajstić information content (AvgIpc) is 3.51. The van der Waals surface area contributed by atoms with Crippen molar-refractivity contribution in [1.29, 1.82) is 0 Å². The molecule has 0 saturated carbocycles. The molecular formula is C25H31N5O5. The van der Waals surface area contributed by atoms with Crippen molar-refractivity contribution in [3.05, 3.63) is 30.5 Å². The summed E-state index contributed by atoms with van der Waals surface area (Å²) in [4.78, 5) is 50.2. The van der Waals surface area contributed by atoms with E-state index in [1.807, 2.05) is 17.0 Å². The fourth-order valence-corrected chi connectivity index (χ4v) is 4.31. The van der Waals surface area contributed by atoms with E-state index < -0.39 is 12.0 Å². The second kappa shape index (κ2) is 11.6. The third-order valence-corrected chi connectivity index (χ3v) is 6.14. The van der Waals surface area contributed by atoms with Crippen LogP contribution in [0.15, 0.2) is 44.9 Å². The van der Waals surface area contributed by atoms with Crippen LogP contribution in [0.4, 0.5) is 10.5 Å². The Bertz CT molecular complexity index is 1120. The summed E-state index contributed by atoms with van der Waals surface area (Å²) in [6, 6.07) is 7.16. The molecule has 0 bridgehead atoms. The second-order valence-corrected chi connectivity index (χ2v) is 8.65. The zero-order chi connectivity index (χ0) is 24.6. The number of furan rings is 1. The molecule has 186 valence electrons. The number of ether oxygens (including phenoxy) is 1. The number of likely N-dealkylation sites (tertiary alicyclic amines) is 2. The number of nitrogens with zero attached hydrogens (tertiary/aromatic N) is 4. The van der Waals surface area contributed by atoms with Gasteiger partial charge in [-0.25, -0.2) is 14.8 Å². The molecule has 0 spiro atoms. The van der Waals surface area contributed by atoms with Gasteiger partial charge in [0.15, 0.2) is 0 Å². The number of hydrogen-bond donors (Lipinski definition) is 1. The van der Waals surface area contributed by atoms with Crippen LogP contribution < -0.4 is 5.32 Å². The highest BCUT2D eigenvalue weighted by Gasteiger charge is 2.29. The minimum Gasteiger partial charge on any atom is -0.464 e. The minimum atomic E-state index is -0.683. The van der Waals surface area contributed by atoms with Gasteiger partial charge in [-0.2, -0.15) is 0 Å². The number of amides is 3. The summed E-state index contributed by atoms with van der Waals surface area (Å²) in [7, 11) is 0. The van der Waals surface area contributed by atoms with E-state index in [1.165, 1.54) is 6.21 Å². The zero-order valence-corrected chi connectivity index (χ0v) is 19.9. The smallest absolute Gasteiger partial charge is 0.414 e. The van der Waals surface area contributed by atoms with Gasteiger partial charge < -0.3 is 19.0 Å². The first-order valence-electron chi connectivity index (χ1n) is 12.1. The van der Waals surface area contributed by atoms with Crippen LogP contribution in [0.5, 0.6) is 0 Å². The van der Waals surface area contributed by atoms with Gasteiger partial charge in [-0.15, -0.1) is 0 Å². The molecule has 1 aromatic heterocycles. The Morgan fingerprint density at radius 2 is 1.97 bits per heavy atom.